The first-order valence-corrected chi connectivity index (χ1v) is 12.1. The summed E-state index contributed by atoms with van der Waals surface area (Å²) in [5.41, 5.74) is 10.4. The number of aromatic nitrogens is 1. The molecule has 3 heterocycles. The van der Waals surface area contributed by atoms with Gasteiger partial charge >= 0.3 is 5.91 Å². The summed E-state index contributed by atoms with van der Waals surface area (Å²) >= 11 is 2.13. The Hall–Kier alpha value is -3.29. The number of alkyl halides is 1. The van der Waals surface area contributed by atoms with Crippen molar-refractivity contribution in [3.8, 4) is 0 Å². The fourth-order valence-corrected chi connectivity index (χ4v) is 4.87. The molecule has 1 atom stereocenters. The Balaban J connectivity index is 1.71. The minimum Gasteiger partial charge on any atom is -0.381 e. The fourth-order valence-electron chi connectivity index (χ4n) is 4.17. The van der Waals surface area contributed by atoms with Gasteiger partial charge in [0.1, 0.15) is 11.9 Å². The molecule has 2 aromatic rings. The third-order valence-electron chi connectivity index (χ3n) is 5.79. The molecule has 1 aromatic carbocycles. The summed E-state index contributed by atoms with van der Waals surface area (Å²) in [6.07, 6.45) is 1.45. The van der Waals surface area contributed by atoms with Crippen LogP contribution in [0.3, 0.4) is 0 Å². The van der Waals surface area contributed by atoms with Gasteiger partial charge in [-0.1, -0.05) is 27.7 Å². The molecule has 0 unspecified atom stereocenters. The number of carbonyl (C=O) groups is 2. The standard InChI is InChI=1S/C21H21IN8O4/c22-12-29-16-5-6-18(25-14-3-1-13(2-4-14)20(31)27-33)26-19(16)30(15-7-9-34-10-8-15)17(21(29)32)11-24-28-23/h1-6,15,17H,7-12H2,(H,25,26)/t17-/m1/s1. The van der Waals surface area contributed by atoms with Crippen LogP contribution in [-0.2, 0) is 9.53 Å². The molecule has 4 rings (SSSR count). The van der Waals surface area contributed by atoms with Crippen LogP contribution < -0.4 is 15.1 Å². The highest BCUT2D eigenvalue weighted by atomic mass is 127. The predicted molar refractivity (Wildman–Crippen MR) is 135 cm³/mol. The molecule has 34 heavy (non-hydrogen) atoms. The van der Waals surface area contributed by atoms with Gasteiger partial charge in [-0.25, -0.2) is 4.98 Å². The number of fused-ring (bicyclic) bond motifs is 1. The molecule has 12 nitrogen and oxygen atoms in total. The van der Waals surface area contributed by atoms with Gasteiger partial charge in [0.05, 0.1) is 16.8 Å². The van der Waals surface area contributed by atoms with Crippen LogP contribution in [-0.4, -0.2) is 53.2 Å². The minimum atomic E-state index is -0.833. The summed E-state index contributed by atoms with van der Waals surface area (Å²) < 4.78 is 5.94. The second-order valence-corrected chi connectivity index (χ2v) is 8.39. The van der Waals surface area contributed by atoms with Crippen molar-refractivity contribution in [2.75, 3.05) is 39.4 Å². The molecule has 0 bridgehead atoms. The van der Waals surface area contributed by atoms with E-state index in [1.807, 2.05) is 11.0 Å². The summed E-state index contributed by atoms with van der Waals surface area (Å²) in [5, 5.41) is 9.33. The Morgan fingerprint density at radius 2 is 1.97 bits per heavy atom. The van der Waals surface area contributed by atoms with E-state index >= 15 is 0 Å². The number of halogens is 1. The Morgan fingerprint density at radius 3 is 2.62 bits per heavy atom. The van der Waals surface area contributed by atoms with Gasteiger partial charge < -0.3 is 15.0 Å². The predicted octanol–water partition coefficient (Wildman–Crippen LogP) is 4.14. The van der Waals surface area contributed by atoms with Gasteiger partial charge in [0, 0.05) is 40.6 Å². The van der Waals surface area contributed by atoms with Crippen molar-refractivity contribution in [2.45, 2.75) is 24.9 Å². The number of azide groups is 1. The number of amides is 2. The maximum Gasteiger partial charge on any atom is 0.316 e. The van der Waals surface area contributed by atoms with Crippen molar-refractivity contribution in [1.29, 1.82) is 0 Å². The van der Waals surface area contributed by atoms with E-state index < -0.39 is 11.9 Å². The lowest BCUT2D eigenvalue weighted by Gasteiger charge is -2.46. The molecule has 2 aliphatic rings. The third kappa shape index (κ3) is 4.81. The second kappa shape index (κ2) is 10.8. The number of hydrogen-bond acceptors (Lipinski definition) is 8. The number of ether oxygens (including phenoxy) is 1. The second-order valence-electron chi connectivity index (χ2n) is 7.70. The number of carbonyl (C=O) groups excluding carboxylic acids is 2. The Labute approximate surface area is 208 Å². The molecule has 0 aliphatic carbocycles. The molecule has 0 saturated carbocycles. The number of hydrogen-bond donors (Lipinski definition) is 1. The molecular weight excluding hydrogens is 555 g/mol. The highest BCUT2D eigenvalue weighted by Crippen LogP contribution is 2.39. The van der Waals surface area contributed by atoms with Crippen molar-refractivity contribution in [3.05, 3.63) is 57.3 Å². The average Bonchev–Trinajstić information content (AvgIpc) is 2.88. The number of benzene rings is 1. The van der Waals surface area contributed by atoms with E-state index in [1.54, 1.807) is 23.1 Å². The van der Waals surface area contributed by atoms with Gasteiger partial charge in [0.2, 0.25) is 0 Å². The average molecular weight is 576 g/mol. The first-order chi connectivity index (χ1) is 16.6. The molecule has 13 heteroatoms. The number of nitrogens with zero attached hydrogens (tertiary/aromatic N) is 7. The number of pyridine rings is 1. The van der Waals surface area contributed by atoms with E-state index in [0.717, 1.165) is 12.8 Å². The third-order valence-corrected chi connectivity index (χ3v) is 6.47. The normalized spacial score (nSPS) is 18.1. The van der Waals surface area contributed by atoms with Crippen molar-refractivity contribution >= 4 is 57.4 Å². The number of anilines is 4. The zero-order valence-corrected chi connectivity index (χ0v) is 20.2. The topological polar surface area (TPSA) is 153 Å². The van der Waals surface area contributed by atoms with Crippen molar-refractivity contribution in [3.63, 3.8) is 0 Å². The van der Waals surface area contributed by atoms with Crippen LogP contribution in [0.4, 0.5) is 23.0 Å². The SMILES string of the molecule is [N-]=[N+]=NC[C@@H]1C(=O)N(CI)c2ccc(Nc3ccc(C(=O)N=O)cc3)nc2N1C1CCOCC1. The molecule has 0 radical (unpaired) electrons. The maximum atomic E-state index is 13.3. The summed E-state index contributed by atoms with van der Waals surface area (Å²) in [4.78, 5) is 46.5. The lowest BCUT2D eigenvalue weighted by molar-refractivity contribution is -0.120. The molecule has 176 valence electrons. The van der Waals surface area contributed by atoms with Crippen molar-refractivity contribution in [1.82, 2.24) is 4.98 Å². The van der Waals surface area contributed by atoms with Crippen LogP contribution in [0, 0.1) is 4.91 Å². The molecule has 1 saturated heterocycles. The monoisotopic (exact) mass is 576 g/mol. The minimum absolute atomic E-state index is 0.00113. The Bertz CT molecular complexity index is 1130. The first-order valence-electron chi connectivity index (χ1n) is 10.6. The highest BCUT2D eigenvalue weighted by molar-refractivity contribution is 14.1. The van der Waals surface area contributed by atoms with Crippen LogP contribution in [0.2, 0.25) is 0 Å². The van der Waals surface area contributed by atoms with Crippen LogP contribution in [0.25, 0.3) is 10.4 Å². The van der Waals surface area contributed by atoms with Crippen LogP contribution in [0.15, 0.2) is 46.7 Å². The van der Waals surface area contributed by atoms with E-state index in [9.17, 15) is 14.5 Å². The molecule has 2 amide bonds. The summed E-state index contributed by atoms with van der Waals surface area (Å²) in [5.74, 6) is 0.199. The quantitative estimate of drug-likeness (QED) is 0.0989. The van der Waals surface area contributed by atoms with Crippen molar-refractivity contribution in [2.24, 2.45) is 10.3 Å². The summed E-state index contributed by atoms with van der Waals surface area (Å²) in [6, 6.07) is 9.28. The lowest BCUT2D eigenvalue weighted by Crippen LogP contribution is -2.59. The number of rotatable bonds is 7. The Morgan fingerprint density at radius 1 is 1.24 bits per heavy atom. The highest BCUT2D eigenvalue weighted by Gasteiger charge is 2.42. The molecule has 1 N–H and O–H groups in total. The van der Waals surface area contributed by atoms with Gasteiger partial charge in [0.25, 0.3) is 5.91 Å². The summed E-state index contributed by atoms with van der Waals surface area (Å²) in [7, 11) is 0. The smallest absolute Gasteiger partial charge is 0.316 e. The first kappa shape index (κ1) is 23.9. The van der Waals surface area contributed by atoms with E-state index in [1.165, 1.54) is 12.1 Å². The van der Waals surface area contributed by atoms with Gasteiger partial charge in [0.15, 0.2) is 5.82 Å². The number of nitrogens with one attached hydrogen (secondary N) is 1. The van der Waals surface area contributed by atoms with Gasteiger partial charge in [-0.3, -0.25) is 14.5 Å². The molecule has 1 aromatic heterocycles. The number of nitroso groups, excluding NO2 is 1. The maximum absolute atomic E-state index is 13.3. The fraction of sp³-hybridized carbons (Fsp3) is 0.381. The lowest BCUT2D eigenvalue weighted by atomic mass is 10.0. The van der Waals surface area contributed by atoms with Gasteiger partial charge in [-0.05, 0) is 54.8 Å². The van der Waals surface area contributed by atoms with E-state index in [0.29, 0.717) is 40.8 Å². The summed E-state index contributed by atoms with van der Waals surface area (Å²) in [6.45, 7) is 1.15. The molecular formula is C21H21IN8O4. The van der Waals surface area contributed by atoms with Crippen LogP contribution in [0.5, 0.6) is 0 Å². The van der Waals surface area contributed by atoms with Gasteiger partial charge in [-0.15, -0.1) is 4.91 Å². The molecule has 1 fully saturated rings. The molecule has 0 spiro atoms. The van der Waals surface area contributed by atoms with E-state index in [2.05, 4.69) is 43.1 Å². The van der Waals surface area contributed by atoms with Crippen LogP contribution in [0.1, 0.15) is 23.2 Å². The van der Waals surface area contributed by atoms with E-state index in [-0.39, 0.29) is 24.1 Å². The zero-order valence-electron chi connectivity index (χ0n) is 18.0. The van der Waals surface area contributed by atoms with E-state index in [4.69, 9.17) is 15.3 Å². The largest absolute Gasteiger partial charge is 0.381 e. The Kier molecular flexibility index (Phi) is 7.55. The molecule has 2 aliphatic heterocycles. The van der Waals surface area contributed by atoms with Gasteiger partial charge in [-0.2, -0.15) is 0 Å². The zero-order chi connectivity index (χ0) is 24.1. The van der Waals surface area contributed by atoms with Crippen LogP contribution >= 0.6 is 22.6 Å². The van der Waals surface area contributed by atoms with Crippen molar-refractivity contribution < 1.29 is 14.3 Å².